The van der Waals surface area contributed by atoms with Crippen molar-refractivity contribution in [1.29, 1.82) is 0 Å². The van der Waals surface area contributed by atoms with Crippen molar-refractivity contribution >= 4 is 0 Å². The van der Waals surface area contributed by atoms with E-state index in [0.717, 1.165) is 12.3 Å². The molecule has 1 aromatic carbocycles. The molecule has 29 heavy (non-hydrogen) atoms. The molecule has 0 radical (unpaired) electrons. The molecule has 2 fully saturated rings. The summed E-state index contributed by atoms with van der Waals surface area (Å²) in [4.78, 5) is 0. The third-order valence-electron chi connectivity index (χ3n) is 5.58. The average Bonchev–Trinajstić information content (AvgIpc) is 2.71. The first kappa shape index (κ1) is 21.7. The molecule has 158 valence electrons. The molecule has 1 heterocycles. The molecule has 1 aliphatic carbocycles. The van der Waals surface area contributed by atoms with E-state index in [0.29, 0.717) is 24.7 Å². The summed E-state index contributed by atoms with van der Waals surface area (Å²) >= 11 is 0. The third kappa shape index (κ3) is 7.09. The largest absolute Gasteiger partial charge is 0.573 e. The number of hydrogen-bond donors (Lipinski definition) is 0. The van der Waals surface area contributed by atoms with Gasteiger partial charge >= 0.3 is 6.36 Å². The number of alkyl halides is 3. The van der Waals surface area contributed by atoms with E-state index in [-0.39, 0.29) is 18.0 Å². The summed E-state index contributed by atoms with van der Waals surface area (Å²) in [7, 11) is 0. The van der Waals surface area contributed by atoms with Crippen LogP contribution in [-0.4, -0.2) is 31.8 Å². The van der Waals surface area contributed by atoms with Gasteiger partial charge < -0.3 is 14.2 Å². The van der Waals surface area contributed by atoms with Crippen molar-refractivity contribution in [2.24, 2.45) is 11.8 Å². The first-order valence-corrected chi connectivity index (χ1v) is 10.1. The van der Waals surface area contributed by atoms with Gasteiger partial charge in [0.05, 0.1) is 19.3 Å². The highest BCUT2D eigenvalue weighted by atomic mass is 19.4. The molecular formula is C23H27F3O3. The van der Waals surface area contributed by atoms with Gasteiger partial charge in [-0.3, -0.25) is 0 Å². The Morgan fingerprint density at radius 1 is 1.07 bits per heavy atom. The quantitative estimate of drug-likeness (QED) is 0.476. The van der Waals surface area contributed by atoms with Crippen LogP contribution in [0.4, 0.5) is 13.2 Å². The molecule has 3 nitrogen and oxygen atoms in total. The van der Waals surface area contributed by atoms with E-state index < -0.39 is 6.36 Å². The van der Waals surface area contributed by atoms with Gasteiger partial charge in [0.25, 0.3) is 0 Å². The molecular weight excluding hydrogens is 381 g/mol. The minimum Gasteiger partial charge on any atom is -0.406 e. The third-order valence-corrected chi connectivity index (χ3v) is 5.58. The van der Waals surface area contributed by atoms with Crippen LogP contribution in [-0.2, 0) is 9.47 Å². The number of ether oxygens (including phenoxy) is 3. The SMILES string of the molecule is C=CCCC1CCC(C2COC(C#Cc3ccc(OC(F)(F)F)cc3)CO2)CC1. The van der Waals surface area contributed by atoms with Gasteiger partial charge in [-0.25, -0.2) is 0 Å². The van der Waals surface area contributed by atoms with Crippen molar-refractivity contribution in [3.63, 3.8) is 0 Å². The van der Waals surface area contributed by atoms with Gasteiger partial charge in [0.15, 0.2) is 0 Å². The van der Waals surface area contributed by atoms with Crippen molar-refractivity contribution in [3.05, 3.63) is 42.5 Å². The Kier molecular flexibility index (Phi) is 7.63. The van der Waals surface area contributed by atoms with E-state index in [9.17, 15) is 13.2 Å². The molecule has 3 rings (SSSR count). The fraction of sp³-hybridized carbons (Fsp3) is 0.565. The molecule has 1 aliphatic heterocycles. The van der Waals surface area contributed by atoms with Crippen molar-refractivity contribution in [2.45, 2.75) is 57.1 Å². The molecule has 1 saturated carbocycles. The van der Waals surface area contributed by atoms with E-state index in [1.54, 1.807) is 0 Å². The van der Waals surface area contributed by atoms with E-state index in [1.165, 1.54) is 56.4 Å². The van der Waals surface area contributed by atoms with Gasteiger partial charge in [-0.2, -0.15) is 0 Å². The van der Waals surface area contributed by atoms with Crippen LogP contribution in [0.1, 0.15) is 44.1 Å². The monoisotopic (exact) mass is 408 g/mol. The second-order valence-electron chi connectivity index (χ2n) is 7.68. The number of benzene rings is 1. The molecule has 0 aromatic heterocycles. The molecule has 6 heteroatoms. The second kappa shape index (κ2) is 10.2. The Hall–Kier alpha value is -1.97. The van der Waals surface area contributed by atoms with E-state index in [2.05, 4.69) is 23.2 Å². The average molecular weight is 408 g/mol. The highest BCUT2D eigenvalue weighted by Crippen LogP contribution is 2.35. The number of allylic oxidation sites excluding steroid dienone is 1. The van der Waals surface area contributed by atoms with Crippen LogP contribution in [0.15, 0.2) is 36.9 Å². The molecule has 1 aromatic rings. The number of rotatable bonds is 5. The normalized spacial score (nSPS) is 27.6. The van der Waals surface area contributed by atoms with Crippen LogP contribution in [0.2, 0.25) is 0 Å². The summed E-state index contributed by atoms with van der Waals surface area (Å²) < 4.78 is 52.3. The maximum absolute atomic E-state index is 12.2. The Morgan fingerprint density at radius 2 is 1.79 bits per heavy atom. The van der Waals surface area contributed by atoms with Gasteiger partial charge in [-0.1, -0.05) is 30.8 Å². The van der Waals surface area contributed by atoms with Crippen molar-refractivity contribution in [2.75, 3.05) is 13.2 Å². The molecule has 2 aliphatic rings. The van der Waals surface area contributed by atoms with E-state index in [1.807, 2.05) is 6.08 Å². The molecule has 0 N–H and O–H groups in total. The van der Waals surface area contributed by atoms with E-state index >= 15 is 0 Å². The Balaban J connectivity index is 1.42. The summed E-state index contributed by atoms with van der Waals surface area (Å²) in [6.45, 7) is 4.76. The lowest BCUT2D eigenvalue weighted by molar-refractivity contribution is -0.274. The summed E-state index contributed by atoms with van der Waals surface area (Å²) in [6.07, 6.45) is 4.30. The van der Waals surface area contributed by atoms with Crippen LogP contribution >= 0.6 is 0 Å². The maximum atomic E-state index is 12.2. The lowest BCUT2D eigenvalue weighted by Gasteiger charge is -2.36. The van der Waals surface area contributed by atoms with Gasteiger partial charge in [0, 0.05) is 5.56 Å². The summed E-state index contributed by atoms with van der Waals surface area (Å²) in [6, 6.07) is 5.48. The molecule has 2 unspecified atom stereocenters. The predicted octanol–water partition coefficient (Wildman–Crippen LogP) is 5.49. The second-order valence-corrected chi connectivity index (χ2v) is 7.68. The number of halogens is 3. The van der Waals surface area contributed by atoms with Gasteiger partial charge in [0.2, 0.25) is 0 Å². The Labute approximate surface area is 170 Å². The van der Waals surface area contributed by atoms with Crippen molar-refractivity contribution in [3.8, 4) is 17.6 Å². The van der Waals surface area contributed by atoms with Crippen LogP contribution in [0.3, 0.4) is 0 Å². The zero-order chi connectivity index (χ0) is 20.7. The Morgan fingerprint density at radius 3 is 2.38 bits per heavy atom. The zero-order valence-electron chi connectivity index (χ0n) is 16.4. The predicted molar refractivity (Wildman–Crippen MR) is 104 cm³/mol. The summed E-state index contributed by atoms with van der Waals surface area (Å²) in [5, 5.41) is 0. The first-order chi connectivity index (χ1) is 13.9. The highest BCUT2D eigenvalue weighted by molar-refractivity contribution is 5.38. The maximum Gasteiger partial charge on any atom is 0.573 e. The highest BCUT2D eigenvalue weighted by Gasteiger charge is 2.32. The fourth-order valence-corrected chi connectivity index (χ4v) is 3.98. The Bertz CT molecular complexity index is 702. The van der Waals surface area contributed by atoms with Crippen LogP contribution in [0.5, 0.6) is 5.75 Å². The minimum absolute atomic E-state index is 0.132. The standard InChI is InChI=1S/C23H27F3O3/c1-2-3-4-17-5-10-19(11-6-17)22-16-27-21(15-28-22)14-9-18-7-12-20(13-8-18)29-23(24,25)26/h2,7-8,12-13,17,19,21-22H,1,3-6,10-11,15-16H2. The number of hydrogen-bond acceptors (Lipinski definition) is 3. The molecule has 0 bridgehead atoms. The van der Waals surface area contributed by atoms with Crippen molar-refractivity contribution in [1.82, 2.24) is 0 Å². The van der Waals surface area contributed by atoms with Crippen LogP contribution in [0, 0.1) is 23.7 Å². The first-order valence-electron chi connectivity index (χ1n) is 10.1. The molecule has 1 saturated heterocycles. The molecule has 0 amide bonds. The topological polar surface area (TPSA) is 27.7 Å². The molecule has 0 spiro atoms. The lowest BCUT2D eigenvalue weighted by Crippen LogP contribution is -2.40. The zero-order valence-corrected chi connectivity index (χ0v) is 16.4. The van der Waals surface area contributed by atoms with Crippen molar-refractivity contribution < 1.29 is 27.4 Å². The van der Waals surface area contributed by atoms with Gasteiger partial charge in [-0.05, 0) is 61.8 Å². The van der Waals surface area contributed by atoms with E-state index in [4.69, 9.17) is 9.47 Å². The summed E-state index contributed by atoms with van der Waals surface area (Å²) in [5.41, 5.74) is 0.600. The lowest BCUT2D eigenvalue weighted by atomic mass is 9.77. The van der Waals surface area contributed by atoms with Gasteiger partial charge in [0.1, 0.15) is 11.9 Å². The van der Waals surface area contributed by atoms with Gasteiger partial charge in [-0.15, -0.1) is 19.8 Å². The van der Waals surface area contributed by atoms with Crippen LogP contribution in [0.25, 0.3) is 0 Å². The summed E-state index contributed by atoms with van der Waals surface area (Å²) in [5.74, 6) is 7.00. The molecule has 2 atom stereocenters. The van der Waals surface area contributed by atoms with Crippen LogP contribution < -0.4 is 4.74 Å². The minimum atomic E-state index is -4.69. The fourth-order valence-electron chi connectivity index (χ4n) is 3.98. The smallest absolute Gasteiger partial charge is 0.406 e.